The van der Waals surface area contributed by atoms with E-state index in [1.807, 2.05) is 30.3 Å². The van der Waals surface area contributed by atoms with Crippen LogP contribution in [0.1, 0.15) is 6.92 Å². The van der Waals surface area contributed by atoms with E-state index in [9.17, 15) is 9.59 Å². The maximum absolute atomic E-state index is 11.7. The number of nitrogens with one attached hydrogen (secondary N) is 1. The Bertz CT molecular complexity index is 684. The third-order valence-electron chi connectivity index (χ3n) is 2.64. The fourth-order valence-electron chi connectivity index (χ4n) is 1.64. The average molecular weight is 297 g/mol. The Hall–Kier alpha value is -3.02. The van der Waals surface area contributed by atoms with Crippen LogP contribution >= 0.6 is 0 Å². The number of benzene rings is 2. The summed E-state index contributed by atoms with van der Waals surface area (Å²) < 4.78 is 4.64. The number of carbonyl (C=O) groups is 2. The van der Waals surface area contributed by atoms with Gasteiger partial charge in [0.25, 0.3) is 0 Å². The maximum atomic E-state index is 11.7. The van der Waals surface area contributed by atoms with Crippen LogP contribution in [0.4, 0.5) is 17.1 Å². The van der Waals surface area contributed by atoms with Crippen LogP contribution in [0.3, 0.4) is 0 Å². The first-order chi connectivity index (χ1) is 10.7. The third-order valence-corrected chi connectivity index (χ3v) is 2.64. The first-order valence-electron chi connectivity index (χ1n) is 6.74. The largest absolute Gasteiger partial charge is 0.459 e. The molecule has 0 bridgehead atoms. The summed E-state index contributed by atoms with van der Waals surface area (Å²) in [7, 11) is 0. The molecule has 0 aliphatic carbocycles. The van der Waals surface area contributed by atoms with E-state index in [1.54, 1.807) is 31.2 Å². The maximum Gasteiger partial charge on any atom is 0.397 e. The molecular weight excluding hydrogens is 282 g/mol. The van der Waals surface area contributed by atoms with Crippen molar-refractivity contribution < 1.29 is 14.3 Å². The van der Waals surface area contributed by atoms with Crippen LogP contribution in [-0.2, 0) is 14.3 Å². The lowest BCUT2D eigenvalue weighted by atomic mass is 10.2. The average Bonchev–Trinajstić information content (AvgIpc) is 2.55. The number of para-hydroxylation sites is 1. The van der Waals surface area contributed by atoms with Gasteiger partial charge >= 0.3 is 11.9 Å². The van der Waals surface area contributed by atoms with E-state index in [0.29, 0.717) is 17.1 Å². The highest BCUT2D eigenvalue weighted by molar-refractivity contribution is 6.37. The zero-order valence-electron chi connectivity index (χ0n) is 12.0. The number of carbonyl (C=O) groups excluding carboxylic acids is 2. The van der Waals surface area contributed by atoms with Crippen molar-refractivity contribution in [3.05, 3.63) is 54.6 Å². The monoisotopic (exact) mass is 297 g/mol. The van der Waals surface area contributed by atoms with Crippen LogP contribution in [0.5, 0.6) is 0 Å². The molecule has 112 valence electrons. The number of anilines is 1. The molecule has 0 radical (unpaired) electrons. The van der Waals surface area contributed by atoms with Crippen LogP contribution < -0.4 is 5.32 Å². The van der Waals surface area contributed by atoms with Gasteiger partial charge in [-0.25, -0.2) is 4.79 Å². The summed E-state index contributed by atoms with van der Waals surface area (Å²) in [5.41, 5.74) is 1.53. The number of ether oxygens (including phenoxy) is 1. The van der Waals surface area contributed by atoms with E-state index in [2.05, 4.69) is 20.3 Å². The van der Waals surface area contributed by atoms with Gasteiger partial charge in [-0.05, 0) is 31.2 Å². The molecule has 0 aliphatic heterocycles. The minimum Gasteiger partial charge on any atom is -0.459 e. The molecule has 1 amide bonds. The second-order valence-corrected chi connectivity index (χ2v) is 4.23. The van der Waals surface area contributed by atoms with Gasteiger partial charge in [-0.2, -0.15) is 5.11 Å². The Balaban J connectivity index is 2.15. The molecule has 1 N–H and O–H groups in total. The molecule has 22 heavy (non-hydrogen) atoms. The summed E-state index contributed by atoms with van der Waals surface area (Å²) in [6.45, 7) is 1.77. The van der Waals surface area contributed by atoms with Gasteiger partial charge in [0.15, 0.2) is 0 Å². The number of hydrogen-bond acceptors (Lipinski definition) is 5. The predicted molar refractivity (Wildman–Crippen MR) is 82.3 cm³/mol. The summed E-state index contributed by atoms with van der Waals surface area (Å²) >= 11 is 0. The van der Waals surface area contributed by atoms with E-state index in [-0.39, 0.29) is 6.61 Å². The fourth-order valence-corrected chi connectivity index (χ4v) is 1.64. The van der Waals surface area contributed by atoms with Crippen LogP contribution in [0, 0.1) is 0 Å². The van der Waals surface area contributed by atoms with Gasteiger partial charge < -0.3 is 10.1 Å². The van der Waals surface area contributed by atoms with E-state index in [4.69, 9.17) is 0 Å². The molecule has 0 unspecified atom stereocenters. The van der Waals surface area contributed by atoms with Crippen LogP contribution in [-0.4, -0.2) is 18.5 Å². The van der Waals surface area contributed by atoms with Crippen molar-refractivity contribution in [2.75, 3.05) is 11.9 Å². The Morgan fingerprint density at radius 2 is 1.68 bits per heavy atom. The lowest BCUT2D eigenvalue weighted by molar-refractivity contribution is -0.152. The fraction of sp³-hybridized carbons (Fsp3) is 0.125. The van der Waals surface area contributed by atoms with Crippen molar-refractivity contribution in [1.29, 1.82) is 0 Å². The zero-order valence-corrected chi connectivity index (χ0v) is 12.0. The van der Waals surface area contributed by atoms with Gasteiger partial charge in [-0.1, -0.05) is 30.3 Å². The predicted octanol–water partition coefficient (Wildman–Crippen LogP) is 3.60. The van der Waals surface area contributed by atoms with Crippen LogP contribution in [0.2, 0.25) is 0 Å². The molecule has 0 fully saturated rings. The quantitative estimate of drug-likeness (QED) is 0.532. The number of esters is 1. The topological polar surface area (TPSA) is 80.1 Å². The summed E-state index contributed by atoms with van der Waals surface area (Å²) in [5, 5.41) is 10.6. The van der Waals surface area contributed by atoms with Crippen molar-refractivity contribution in [3.8, 4) is 0 Å². The van der Waals surface area contributed by atoms with Crippen LogP contribution in [0.25, 0.3) is 0 Å². The highest BCUT2D eigenvalue weighted by Crippen LogP contribution is 2.26. The smallest absolute Gasteiger partial charge is 0.397 e. The summed E-state index contributed by atoms with van der Waals surface area (Å²) in [5.74, 6) is -1.78. The summed E-state index contributed by atoms with van der Waals surface area (Å²) in [6.07, 6.45) is 0. The molecule has 2 rings (SSSR count). The minimum atomic E-state index is -0.933. The number of rotatable bonds is 4. The molecule has 0 spiro atoms. The lowest BCUT2D eigenvalue weighted by Gasteiger charge is -2.06. The Kier molecular flexibility index (Phi) is 5.37. The van der Waals surface area contributed by atoms with Gasteiger partial charge in [0.2, 0.25) is 0 Å². The molecule has 2 aromatic rings. The van der Waals surface area contributed by atoms with E-state index < -0.39 is 11.9 Å². The first kappa shape index (κ1) is 15.4. The third kappa shape index (κ3) is 4.24. The van der Waals surface area contributed by atoms with Crippen LogP contribution in [0.15, 0.2) is 64.8 Å². The van der Waals surface area contributed by atoms with E-state index in [0.717, 1.165) is 0 Å². The molecule has 0 saturated carbocycles. The Morgan fingerprint density at radius 3 is 2.41 bits per heavy atom. The SMILES string of the molecule is CCOC(=O)C(=O)Nc1ccccc1N=Nc1ccccc1. The van der Waals surface area contributed by atoms with Gasteiger partial charge in [0.05, 0.1) is 18.0 Å². The lowest BCUT2D eigenvalue weighted by Crippen LogP contribution is -2.24. The van der Waals surface area contributed by atoms with E-state index in [1.165, 1.54) is 0 Å². The standard InChI is InChI=1S/C16H15N3O3/c1-2-22-16(21)15(20)17-13-10-6-7-11-14(13)19-18-12-8-4-3-5-9-12/h3-11H,2H2,1H3,(H,17,20). The van der Waals surface area contributed by atoms with Crippen molar-refractivity contribution in [3.63, 3.8) is 0 Å². The van der Waals surface area contributed by atoms with Gasteiger partial charge in [0, 0.05) is 0 Å². The summed E-state index contributed by atoms with van der Waals surface area (Å²) in [4.78, 5) is 23.0. The number of hydrogen-bond donors (Lipinski definition) is 1. The Labute approximate surface area is 127 Å². The minimum absolute atomic E-state index is 0.140. The second kappa shape index (κ2) is 7.68. The zero-order chi connectivity index (χ0) is 15.8. The highest BCUT2D eigenvalue weighted by atomic mass is 16.5. The number of amides is 1. The van der Waals surface area contributed by atoms with Gasteiger partial charge in [-0.15, -0.1) is 5.11 Å². The molecule has 6 nitrogen and oxygen atoms in total. The molecular formula is C16H15N3O3. The second-order valence-electron chi connectivity index (χ2n) is 4.23. The number of nitrogens with zero attached hydrogens (tertiary/aromatic N) is 2. The molecule has 0 saturated heterocycles. The van der Waals surface area contributed by atoms with Crippen molar-refractivity contribution in [1.82, 2.24) is 0 Å². The Morgan fingerprint density at radius 1 is 1.00 bits per heavy atom. The summed E-state index contributed by atoms with van der Waals surface area (Å²) in [6, 6.07) is 16.0. The molecule has 0 aliphatic rings. The highest BCUT2D eigenvalue weighted by Gasteiger charge is 2.16. The van der Waals surface area contributed by atoms with Gasteiger partial charge in [-0.3, -0.25) is 4.79 Å². The van der Waals surface area contributed by atoms with E-state index >= 15 is 0 Å². The molecule has 0 aromatic heterocycles. The first-order valence-corrected chi connectivity index (χ1v) is 6.74. The normalized spacial score (nSPS) is 10.4. The van der Waals surface area contributed by atoms with Crippen molar-refractivity contribution >= 4 is 28.9 Å². The molecule has 2 aromatic carbocycles. The molecule has 0 heterocycles. The molecule has 0 atom stereocenters. The van der Waals surface area contributed by atoms with Crippen molar-refractivity contribution in [2.45, 2.75) is 6.92 Å². The van der Waals surface area contributed by atoms with Crippen molar-refractivity contribution in [2.24, 2.45) is 10.2 Å². The van der Waals surface area contributed by atoms with Gasteiger partial charge in [0.1, 0.15) is 5.69 Å². The molecule has 6 heteroatoms. The number of azo groups is 1.